The van der Waals surface area contributed by atoms with Gasteiger partial charge in [-0.1, -0.05) is 49.7 Å². The van der Waals surface area contributed by atoms with Crippen molar-refractivity contribution in [2.75, 3.05) is 20.3 Å². The van der Waals surface area contributed by atoms with Gasteiger partial charge >= 0.3 is 0 Å². The topological polar surface area (TPSA) is 87.7 Å². The van der Waals surface area contributed by atoms with Crippen LogP contribution in [0.25, 0.3) is 11.3 Å². The Hall–Kier alpha value is -4.26. The molecule has 1 aromatic heterocycles. The first-order chi connectivity index (χ1) is 18.1. The number of fused-ring (bicyclic) bond motifs is 1. The Labute approximate surface area is 216 Å². The molecule has 1 aliphatic rings. The van der Waals surface area contributed by atoms with Crippen LogP contribution >= 0.6 is 0 Å². The molecule has 0 aliphatic carbocycles. The van der Waals surface area contributed by atoms with Crippen molar-refractivity contribution >= 4 is 5.91 Å². The number of hydrogen-bond donors (Lipinski definition) is 2. The van der Waals surface area contributed by atoms with Crippen molar-refractivity contribution in [3.63, 3.8) is 0 Å². The first-order valence-corrected chi connectivity index (χ1v) is 12.6. The predicted octanol–water partition coefficient (Wildman–Crippen LogP) is 5.76. The lowest BCUT2D eigenvalue weighted by Gasteiger charge is -2.26. The molecule has 37 heavy (non-hydrogen) atoms. The number of rotatable bonds is 10. The molecular weight excluding hydrogens is 466 g/mol. The molecule has 7 heteroatoms. The summed E-state index contributed by atoms with van der Waals surface area (Å²) in [5.74, 6) is 1.62. The van der Waals surface area contributed by atoms with Gasteiger partial charge in [-0.15, -0.1) is 0 Å². The first-order valence-electron chi connectivity index (χ1n) is 12.6. The smallest absolute Gasteiger partial charge is 0.273 e. The van der Waals surface area contributed by atoms with Crippen LogP contribution in [0.15, 0.2) is 72.8 Å². The molecule has 0 saturated heterocycles. The van der Waals surface area contributed by atoms with E-state index in [1.165, 1.54) is 0 Å². The van der Waals surface area contributed by atoms with Crippen LogP contribution in [0.1, 0.15) is 53.0 Å². The molecule has 2 N–H and O–H groups in total. The zero-order chi connectivity index (χ0) is 25.8. The van der Waals surface area contributed by atoms with Gasteiger partial charge in [0.05, 0.1) is 19.8 Å². The van der Waals surface area contributed by atoms with Crippen LogP contribution in [0.5, 0.6) is 17.2 Å². The third kappa shape index (κ3) is 4.89. The fraction of sp³-hybridized carbons (Fsp3) is 0.267. The molecule has 5 rings (SSSR count). The summed E-state index contributed by atoms with van der Waals surface area (Å²) in [6, 6.07) is 22.5. The van der Waals surface area contributed by atoms with Crippen LogP contribution in [0.3, 0.4) is 0 Å². The van der Waals surface area contributed by atoms with Crippen molar-refractivity contribution < 1.29 is 19.4 Å². The van der Waals surface area contributed by atoms with Crippen molar-refractivity contribution in [1.29, 1.82) is 0 Å². The summed E-state index contributed by atoms with van der Waals surface area (Å²) < 4.78 is 11.1. The summed E-state index contributed by atoms with van der Waals surface area (Å²) in [7, 11) is 1.65. The second-order valence-corrected chi connectivity index (χ2v) is 9.15. The van der Waals surface area contributed by atoms with E-state index in [-0.39, 0.29) is 17.7 Å². The molecule has 3 aromatic carbocycles. The maximum atomic E-state index is 13.6. The number of H-pyrrole nitrogens is 1. The first kappa shape index (κ1) is 24.4. The lowest BCUT2D eigenvalue weighted by atomic mass is 9.95. The monoisotopic (exact) mass is 497 g/mol. The summed E-state index contributed by atoms with van der Waals surface area (Å²) in [5.41, 5.74) is 4.49. The van der Waals surface area contributed by atoms with Crippen LogP contribution in [0.2, 0.25) is 0 Å². The number of aromatic nitrogens is 2. The fourth-order valence-electron chi connectivity index (χ4n) is 4.78. The highest BCUT2D eigenvalue weighted by Crippen LogP contribution is 2.44. The molecule has 1 atom stereocenters. The Bertz CT molecular complexity index is 1360. The average Bonchev–Trinajstić information content (AvgIpc) is 3.47. The number of hydrogen-bond acceptors (Lipinski definition) is 5. The Morgan fingerprint density at radius 2 is 1.73 bits per heavy atom. The van der Waals surface area contributed by atoms with Gasteiger partial charge in [0.1, 0.15) is 28.6 Å². The molecule has 0 spiro atoms. The number of nitrogens with zero attached hydrogens (tertiary/aromatic N) is 2. The number of amides is 1. The van der Waals surface area contributed by atoms with Crippen molar-refractivity contribution in [3.05, 3.63) is 95.2 Å². The van der Waals surface area contributed by atoms with Gasteiger partial charge in [0.2, 0.25) is 0 Å². The lowest BCUT2D eigenvalue weighted by molar-refractivity contribution is 0.0746. The van der Waals surface area contributed by atoms with Crippen LogP contribution in [0.4, 0.5) is 0 Å². The van der Waals surface area contributed by atoms with Crippen LogP contribution in [0, 0.1) is 0 Å². The Balaban J connectivity index is 1.49. The van der Waals surface area contributed by atoms with Crippen LogP contribution < -0.4 is 9.47 Å². The number of carbonyl (C=O) groups is 1. The van der Waals surface area contributed by atoms with Crippen LogP contribution in [-0.2, 0) is 6.42 Å². The lowest BCUT2D eigenvalue weighted by Crippen LogP contribution is -2.31. The van der Waals surface area contributed by atoms with E-state index < -0.39 is 0 Å². The molecule has 0 radical (unpaired) electrons. The maximum Gasteiger partial charge on any atom is 0.273 e. The second-order valence-electron chi connectivity index (χ2n) is 9.15. The minimum atomic E-state index is -0.348. The number of methoxy groups -OCH3 is 1. The maximum absolute atomic E-state index is 13.6. The Kier molecular flexibility index (Phi) is 7.12. The van der Waals surface area contributed by atoms with E-state index in [1.807, 2.05) is 65.6 Å². The minimum Gasteiger partial charge on any atom is -0.507 e. The average molecular weight is 498 g/mol. The largest absolute Gasteiger partial charge is 0.507 e. The number of nitrogens with one attached hydrogen (secondary N) is 1. The summed E-state index contributed by atoms with van der Waals surface area (Å²) in [6.07, 6.45) is 2.76. The molecule has 4 aromatic rings. The quantitative estimate of drug-likeness (QED) is 0.272. The fourth-order valence-corrected chi connectivity index (χ4v) is 4.78. The molecular formula is C30H31N3O4. The number of phenols is 1. The summed E-state index contributed by atoms with van der Waals surface area (Å²) in [5, 5.41) is 18.0. The highest BCUT2D eigenvalue weighted by Gasteiger charge is 2.42. The van der Waals surface area contributed by atoms with Gasteiger partial charge in [-0.25, -0.2) is 0 Å². The van der Waals surface area contributed by atoms with Gasteiger partial charge in [0.15, 0.2) is 0 Å². The summed E-state index contributed by atoms with van der Waals surface area (Å²) >= 11 is 0. The van der Waals surface area contributed by atoms with Crippen LogP contribution in [-0.4, -0.2) is 46.4 Å². The molecule has 0 fully saturated rings. The molecule has 1 aliphatic heterocycles. The van der Waals surface area contributed by atoms with E-state index in [4.69, 9.17) is 9.47 Å². The zero-order valence-electron chi connectivity index (χ0n) is 21.1. The normalized spacial score (nSPS) is 14.6. The van der Waals surface area contributed by atoms with Gasteiger partial charge in [0.25, 0.3) is 5.91 Å². The predicted molar refractivity (Wildman–Crippen MR) is 142 cm³/mol. The number of aromatic hydroxyl groups is 1. The van der Waals surface area contributed by atoms with Crippen molar-refractivity contribution in [2.24, 2.45) is 0 Å². The van der Waals surface area contributed by atoms with Crippen molar-refractivity contribution in [2.45, 2.75) is 32.2 Å². The molecule has 0 saturated carbocycles. The third-order valence-corrected chi connectivity index (χ3v) is 6.79. The Morgan fingerprint density at radius 1 is 1.00 bits per heavy atom. The molecule has 190 valence electrons. The molecule has 1 amide bonds. The molecule has 1 unspecified atom stereocenters. The van der Waals surface area contributed by atoms with Gasteiger partial charge in [-0.2, -0.15) is 5.10 Å². The number of benzene rings is 3. The van der Waals surface area contributed by atoms with E-state index in [0.29, 0.717) is 36.5 Å². The van der Waals surface area contributed by atoms with Crippen molar-refractivity contribution in [1.82, 2.24) is 15.1 Å². The third-order valence-electron chi connectivity index (χ3n) is 6.79. The minimum absolute atomic E-state index is 0.106. The SMILES string of the molecule is CCCCOc1ccc(C2c3c(-c4ccccc4O)n[nH]c3C(=O)N2CCc2ccc(OC)cc2)cc1. The number of ether oxygens (including phenoxy) is 2. The van der Waals surface area contributed by atoms with Gasteiger partial charge < -0.3 is 19.5 Å². The number of phenolic OH excluding ortho intramolecular Hbond substituents is 1. The second kappa shape index (κ2) is 10.8. The molecule has 7 nitrogen and oxygen atoms in total. The Morgan fingerprint density at radius 3 is 2.43 bits per heavy atom. The molecule has 2 heterocycles. The van der Waals surface area contributed by atoms with E-state index in [2.05, 4.69) is 17.1 Å². The highest BCUT2D eigenvalue weighted by molar-refractivity contribution is 6.00. The standard InChI is InChI=1S/C30H31N3O4/c1-3-4-19-37-23-15-11-21(12-16-23)29-26-27(24-7-5-6-8-25(24)34)31-32-28(26)30(35)33(29)18-17-20-9-13-22(36-2)14-10-20/h5-16,29,34H,3-4,17-19H2,1-2H3,(H,31,32). The van der Waals surface area contributed by atoms with E-state index in [9.17, 15) is 9.90 Å². The zero-order valence-corrected chi connectivity index (χ0v) is 21.1. The summed E-state index contributed by atoms with van der Waals surface area (Å²) in [4.78, 5) is 15.5. The number of para-hydroxylation sites is 1. The van der Waals surface area contributed by atoms with Gasteiger partial charge in [0, 0.05) is 17.7 Å². The van der Waals surface area contributed by atoms with Crippen molar-refractivity contribution in [3.8, 4) is 28.5 Å². The number of unbranched alkanes of at least 4 members (excludes halogenated alkanes) is 1. The summed E-state index contributed by atoms with van der Waals surface area (Å²) in [6.45, 7) is 3.33. The number of aromatic amines is 1. The highest BCUT2D eigenvalue weighted by atomic mass is 16.5. The van der Waals surface area contributed by atoms with E-state index in [0.717, 1.165) is 41.0 Å². The van der Waals surface area contributed by atoms with Gasteiger partial charge in [-0.3, -0.25) is 9.89 Å². The van der Waals surface area contributed by atoms with E-state index >= 15 is 0 Å². The van der Waals surface area contributed by atoms with E-state index in [1.54, 1.807) is 19.2 Å². The molecule has 0 bridgehead atoms. The van der Waals surface area contributed by atoms with Gasteiger partial charge in [-0.05, 0) is 60.4 Å². The number of carbonyl (C=O) groups excluding carboxylic acids is 1.